The Labute approximate surface area is 151 Å². The summed E-state index contributed by atoms with van der Waals surface area (Å²) in [5, 5.41) is 0. The molecule has 0 spiro atoms. The van der Waals surface area contributed by atoms with E-state index in [1.54, 1.807) is 0 Å². The van der Waals surface area contributed by atoms with Crippen LogP contribution in [0.1, 0.15) is 71.1 Å². The summed E-state index contributed by atoms with van der Waals surface area (Å²) in [7, 11) is 0. The molecule has 0 N–H and O–H groups in total. The van der Waals surface area contributed by atoms with Crippen LogP contribution in [0.15, 0.2) is 30.3 Å². The number of benzene rings is 1. The van der Waals surface area contributed by atoms with Crippen molar-refractivity contribution >= 4 is 35.5 Å². The van der Waals surface area contributed by atoms with Gasteiger partial charge in [-0.25, -0.2) is 0 Å². The molecular formula is C18H28NaO2. The first-order chi connectivity index (χ1) is 9.83. The standard InChI is InChI=1S/C18H28O2.Na/c1-2-3-4-5-6-7-8-9-13-16-18(19)20-17-14-11-10-12-15-17;/h10-12,14-15H,2-9,13,16H2,1H3;. The minimum absolute atomic E-state index is 0. The van der Waals surface area contributed by atoms with Gasteiger partial charge in [0.2, 0.25) is 0 Å². The molecule has 1 aromatic carbocycles. The molecule has 1 aromatic rings. The van der Waals surface area contributed by atoms with E-state index in [-0.39, 0.29) is 35.5 Å². The molecule has 0 atom stereocenters. The van der Waals surface area contributed by atoms with E-state index in [0.29, 0.717) is 12.2 Å². The molecule has 0 heterocycles. The average molecular weight is 299 g/mol. The molecule has 0 amide bonds. The number of carbonyl (C=O) groups excluding carboxylic acids is 1. The third-order valence-electron chi connectivity index (χ3n) is 3.46. The van der Waals surface area contributed by atoms with Crippen molar-refractivity contribution in [1.29, 1.82) is 0 Å². The van der Waals surface area contributed by atoms with Gasteiger partial charge in [-0.05, 0) is 18.6 Å². The van der Waals surface area contributed by atoms with Crippen LogP contribution in [0.4, 0.5) is 0 Å². The van der Waals surface area contributed by atoms with Crippen LogP contribution in [0, 0.1) is 0 Å². The third-order valence-corrected chi connectivity index (χ3v) is 3.46. The molecule has 1 radical (unpaired) electrons. The molecule has 0 aliphatic rings. The Morgan fingerprint density at radius 3 is 1.95 bits per heavy atom. The van der Waals surface area contributed by atoms with E-state index in [9.17, 15) is 4.79 Å². The largest absolute Gasteiger partial charge is 0.427 e. The fourth-order valence-electron chi connectivity index (χ4n) is 2.25. The van der Waals surface area contributed by atoms with Crippen molar-refractivity contribution in [2.24, 2.45) is 0 Å². The van der Waals surface area contributed by atoms with Crippen molar-refractivity contribution in [2.75, 3.05) is 0 Å². The predicted molar refractivity (Wildman–Crippen MR) is 89.7 cm³/mol. The summed E-state index contributed by atoms with van der Waals surface area (Å²) in [6, 6.07) is 9.29. The maximum atomic E-state index is 11.6. The second-order valence-electron chi connectivity index (χ2n) is 5.37. The molecule has 113 valence electrons. The molecule has 0 fully saturated rings. The van der Waals surface area contributed by atoms with Crippen LogP contribution >= 0.6 is 0 Å². The van der Waals surface area contributed by atoms with Crippen LogP contribution in [0.3, 0.4) is 0 Å². The number of para-hydroxylation sites is 1. The Morgan fingerprint density at radius 2 is 1.38 bits per heavy atom. The molecule has 0 bridgehead atoms. The molecule has 21 heavy (non-hydrogen) atoms. The van der Waals surface area contributed by atoms with Crippen molar-refractivity contribution in [2.45, 2.75) is 71.1 Å². The van der Waals surface area contributed by atoms with Gasteiger partial charge in [-0.1, -0.05) is 76.5 Å². The molecule has 0 aromatic heterocycles. The van der Waals surface area contributed by atoms with E-state index in [4.69, 9.17) is 4.74 Å². The van der Waals surface area contributed by atoms with Crippen LogP contribution in [0.5, 0.6) is 5.75 Å². The van der Waals surface area contributed by atoms with E-state index in [0.717, 1.165) is 12.8 Å². The summed E-state index contributed by atoms with van der Waals surface area (Å²) < 4.78 is 5.25. The number of ether oxygens (including phenoxy) is 1. The minimum Gasteiger partial charge on any atom is -0.427 e. The summed E-state index contributed by atoms with van der Waals surface area (Å²) in [6.45, 7) is 2.24. The van der Waals surface area contributed by atoms with Gasteiger partial charge in [0.05, 0.1) is 0 Å². The Bertz CT molecular complexity index is 351. The van der Waals surface area contributed by atoms with E-state index in [1.807, 2.05) is 30.3 Å². The summed E-state index contributed by atoms with van der Waals surface area (Å²) in [4.78, 5) is 11.6. The first-order valence-corrected chi connectivity index (χ1v) is 8.08. The van der Waals surface area contributed by atoms with Gasteiger partial charge in [-0.2, -0.15) is 0 Å². The van der Waals surface area contributed by atoms with E-state index < -0.39 is 0 Å². The van der Waals surface area contributed by atoms with Crippen molar-refractivity contribution in [3.8, 4) is 5.75 Å². The van der Waals surface area contributed by atoms with Gasteiger partial charge < -0.3 is 4.74 Å². The smallest absolute Gasteiger partial charge is 0.311 e. The molecular weight excluding hydrogens is 271 g/mol. The third kappa shape index (κ3) is 12.0. The number of esters is 1. The molecule has 0 saturated carbocycles. The Balaban J connectivity index is 0.00000400. The summed E-state index contributed by atoms with van der Waals surface area (Å²) in [5.41, 5.74) is 0. The van der Waals surface area contributed by atoms with Gasteiger partial charge in [0.15, 0.2) is 0 Å². The van der Waals surface area contributed by atoms with Crippen molar-refractivity contribution in [3.05, 3.63) is 30.3 Å². The van der Waals surface area contributed by atoms with Crippen molar-refractivity contribution < 1.29 is 9.53 Å². The zero-order valence-corrected chi connectivity index (χ0v) is 15.8. The van der Waals surface area contributed by atoms with Crippen LogP contribution in [0.2, 0.25) is 0 Å². The first-order valence-electron chi connectivity index (χ1n) is 8.08. The normalized spacial score (nSPS) is 9.95. The second-order valence-corrected chi connectivity index (χ2v) is 5.37. The number of hydrogen-bond donors (Lipinski definition) is 0. The fraction of sp³-hybridized carbons (Fsp3) is 0.611. The zero-order chi connectivity index (χ0) is 14.5. The maximum absolute atomic E-state index is 11.6. The van der Waals surface area contributed by atoms with Gasteiger partial charge in [-0.3, -0.25) is 4.79 Å². The Hall–Kier alpha value is -0.310. The fourth-order valence-corrected chi connectivity index (χ4v) is 2.25. The molecule has 0 aliphatic carbocycles. The van der Waals surface area contributed by atoms with Gasteiger partial charge in [-0.15, -0.1) is 0 Å². The maximum Gasteiger partial charge on any atom is 0.311 e. The van der Waals surface area contributed by atoms with Crippen molar-refractivity contribution in [1.82, 2.24) is 0 Å². The Morgan fingerprint density at radius 1 is 0.857 bits per heavy atom. The SMILES string of the molecule is CCCCCCCCCCCC(=O)Oc1ccccc1.[Na]. The molecule has 0 saturated heterocycles. The van der Waals surface area contributed by atoms with Crippen LogP contribution in [-0.4, -0.2) is 35.5 Å². The van der Waals surface area contributed by atoms with Gasteiger partial charge >= 0.3 is 5.97 Å². The minimum atomic E-state index is -0.112. The molecule has 2 nitrogen and oxygen atoms in total. The average Bonchev–Trinajstić information content (AvgIpc) is 2.46. The number of hydrogen-bond acceptors (Lipinski definition) is 2. The van der Waals surface area contributed by atoms with Gasteiger partial charge in [0.25, 0.3) is 0 Å². The summed E-state index contributed by atoms with van der Waals surface area (Å²) in [5.74, 6) is 0.535. The summed E-state index contributed by atoms with van der Waals surface area (Å²) in [6.07, 6.45) is 11.9. The van der Waals surface area contributed by atoms with Crippen LogP contribution in [-0.2, 0) is 4.79 Å². The van der Waals surface area contributed by atoms with E-state index >= 15 is 0 Å². The molecule has 1 rings (SSSR count). The molecule has 0 aliphatic heterocycles. The van der Waals surface area contributed by atoms with Gasteiger partial charge in [0, 0.05) is 36.0 Å². The van der Waals surface area contributed by atoms with E-state index in [1.165, 1.54) is 44.9 Å². The van der Waals surface area contributed by atoms with E-state index in [2.05, 4.69) is 6.92 Å². The topological polar surface area (TPSA) is 26.3 Å². The monoisotopic (exact) mass is 299 g/mol. The molecule has 0 unspecified atom stereocenters. The van der Waals surface area contributed by atoms with Crippen LogP contribution < -0.4 is 4.74 Å². The molecule has 3 heteroatoms. The Kier molecular flexibility index (Phi) is 14.4. The quantitative estimate of drug-likeness (QED) is 0.245. The number of carbonyl (C=O) groups is 1. The number of unbranched alkanes of at least 4 members (excludes halogenated alkanes) is 8. The predicted octanol–water partition coefficient (Wildman–Crippen LogP) is 5.13. The summed E-state index contributed by atoms with van der Waals surface area (Å²) >= 11 is 0. The van der Waals surface area contributed by atoms with Crippen LogP contribution in [0.25, 0.3) is 0 Å². The van der Waals surface area contributed by atoms with Crippen molar-refractivity contribution in [3.63, 3.8) is 0 Å². The number of rotatable bonds is 11. The van der Waals surface area contributed by atoms with Gasteiger partial charge in [0.1, 0.15) is 5.75 Å². The second kappa shape index (κ2) is 14.6. The zero-order valence-electron chi connectivity index (χ0n) is 13.8. The first kappa shape index (κ1) is 20.7.